The minimum absolute atomic E-state index is 0.00541. The van der Waals surface area contributed by atoms with E-state index in [0.717, 1.165) is 12.8 Å². The van der Waals surface area contributed by atoms with Crippen molar-refractivity contribution in [2.45, 2.75) is 49.2 Å². The highest BCUT2D eigenvalue weighted by Crippen LogP contribution is 2.44. The third-order valence-corrected chi connectivity index (χ3v) is 6.78. The van der Waals surface area contributed by atoms with E-state index in [1.807, 2.05) is 0 Å². The van der Waals surface area contributed by atoms with Crippen LogP contribution in [0, 0.1) is 23.7 Å². The van der Waals surface area contributed by atoms with Crippen molar-refractivity contribution in [3.8, 4) is 0 Å². The maximum atomic E-state index is 6.67. The second-order valence-electron chi connectivity index (χ2n) is 8.05. The summed E-state index contributed by atoms with van der Waals surface area (Å²) in [5.74, 6) is 1.10. The van der Waals surface area contributed by atoms with Gasteiger partial charge >= 0.3 is 0 Å². The zero-order valence-electron chi connectivity index (χ0n) is 15.1. The number of rotatable bonds is 3. The van der Waals surface area contributed by atoms with Gasteiger partial charge in [0.1, 0.15) is 0 Å². The average Bonchev–Trinajstić information content (AvgIpc) is 2.91. The van der Waals surface area contributed by atoms with E-state index in [-0.39, 0.29) is 48.2 Å². The molecular formula is C21H30N4O. The monoisotopic (exact) mass is 354 g/mol. The normalized spacial score (nSPS) is 49.5. The second kappa shape index (κ2) is 7.24. The van der Waals surface area contributed by atoms with Gasteiger partial charge in [0.25, 0.3) is 0 Å². The minimum Gasteiger partial charge on any atom is -0.370 e. The standard InChI is InChI=1S/C21H30N4O/c1-25-19-13-9-5-3-7-11-15(13)21(18(19)24)26-20-14-10-6-2-4-8-12(14)16(22)17(20)23/h2-7,10-21H,1,8-9,22-24H2. The van der Waals surface area contributed by atoms with E-state index < -0.39 is 0 Å². The van der Waals surface area contributed by atoms with E-state index in [0.29, 0.717) is 11.8 Å². The van der Waals surface area contributed by atoms with Gasteiger partial charge in [-0.05, 0) is 31.4 Å². The minimum atomic E-state index is -0.185. The van der Waals surface area contributed by atoms with Crippen molar-refractivity contribution in [3.63, 3.8) is 0 Å². The molecule has 26 heavy (non-hydrogen) atoms. The lowest BCUT2D eigenvalue weighted by Gasteiger charge is -2.31. The van der Waals surface area contributed by atoms with Crippen molar-refractivity contribution < 1.29 is 4.74 Å². The zero-order valence-corrected chi connectivity index (χ0v) is 15.1. The molecule has 0 heterocycles. The molecule has 0 aromatic heterocycles. The lowest BCUT2D eigenvalue weighted by atomic mass is 9.89. The first-order chi connectivity index (χ1) is 12.6. The molecule has 0 spiro atoms. The summed E-state index contributed by atoms with van der Waals surface area (Å²) in [6.07, 6.45) is 18.8. The topological polar surface area (TPSA) is 99.6 Å². The fourth-order valence-corrected chi connectivity index (χ4v) is 5.40. The maximum Gasteiger partial charge on any atom is 0.0817 e. The number of nitrogens with two attached hydrogens (primary N) is 3. The summed E-state index contributed by atoms with van der Waals surface area (Å²) >= 11 is 0. The fraction of sp³-hybridized carbons (Fsp3) is 0.571. The Bertz CT molecular complexity index is 654. The van der Waals surface area contributed by atoms with Gasteiger partial charge in [0.15, 0.2) is 0 Å². The molecule has 5 nitrogen and oxygen atoms in total. The summed E-state index contributed by atoms with van der Waals surface area (Å²) in [4.78, 5) is 4.35. The van der Waals surface area contributed by atoms with E-state index in [9.17, 15) is 0 Å². The van der Waals surface area contributed by atoms with Crippen LogP contribution in [-0.4, -0.2) is 43.1 Å². The van der Waals surface area contributed by atoms with Crippen LogP contribution in [0.25, 0.3) is 0 Å². The van der Waals surface area contributed by atoms with Crippen LogP contribution in [0.2, 0.25) is 0 Å². The van der Waals surface area contributed by atoms with Gasteiger partial charge in [0.2, 0.25) is 0 Å². The molecule has 0 aliphatic heterocycles. The molecule has 0 radical (unpaired) electrons. The van der Waals surface area contributed by atoms with Crippen LogP contribution in [0.15, 0.2) is 53.6 Å². The number of ether oxygens (including phenoxy) is 1. The van der Waals surface area contributed by atoms with Gasteiger partial charge < -0.3 is 21.9 Å². The zero-order chi connectivity index (χ0) is 18.3. The summed E-state index contributed by atoms with van der Waals surface area (Å²) in [7, 11) is 0. The molecule has 140 valence electrons. The Morgan fingerprint density at radius 1 is 0.769 bits per heavy atom. The van der Waals surface area contributed by atoms with Crippen LogP contribution in [0.1, 0.15) is 12.8 Å². The van der Waals surface area contributed by atoms with Gasteiger partial charge in [-0.3, -0.25) is 4.99 Å². The molecule has 4 aliphatic carbocycles. The van der Waals surface area contributed by atoms with Gasteiger partial charge in [0, 0.05) is 23.9 Å². The second-order valence-corrected chi connectivity index (χ2v) is 8.05. The first kappa shape index (κ1) is 17.9. The lowest BCUT2D eigenvalue weighted by Crippen LogP contribution is -2.49. The highest BCUT2D eigenvalue weighted by Gasteiger charge is 2.53. The first-order valence-corrected chi connectivity index (χ1v) is 9.68. The summed E-state index contributed by atoms with van der Waals surface area (Å²) in [5, 5.41) is 0. The van der Waals surface area contributed by atoms with Crippen molar-refractivity contribution in [2.24, 2.45) is 45.9 Å². The Kier molecular flexibility index (Phi) is 4.97. The number of hydrogen-bond acceptors (Lipinski definition) is 5. The van der Waals surface area contributed by atoms with Gasteiger partial charge in [0.05, 0.1) is 24.3 Å². The summed E-state index contributed by atoms with van der Waals surface area (Å²) in [5.41, 5.74) is 19.5. The quantitative estimate of drug-likeness (QED) is 0.666. The first-order valence-electron chi connectivity index (χ1n) is 9.68. The number of aliphatic imine (C=N–C) groups is 1. The molecule has 4 rings (SSSR count). The molecule has 2 saturated carbocycles. The molecule has 0 amide bonds. The van der Waals surface area contributed by atoms with Crippen LogP contribution < -0.4 is 17.2 Å². The van der Waals surface area contributed by atoms with E-state index in [1.54, 1.807) is 0 Å². The number of nitrogens with zero attached hydrogens (tertiary/aromatic N) is 1. The van der Waals surface area contributed by atoms with Crippen LogP contribution in [0.3, 0.4) is 0 Å². The van der Waals surface area contributed by atoms with E-state index in [4.69, 9.17) is 21.9 Å². The fourth-order valence-electron chi connectivity index (χ4n) is 5.40. The Labute approximate surface area is 155 Å². The predicted octanol–water partition coefficient (Wildman–Crippen LogP) is 1.32. The van der Waals surface area contributed by atoms with Gasteiger partial charge in [-0.15, -0.1) is 0 Å². The Balaban J connectivity index is 1.60. The highest BCUT2D eigenvalue weighted by atomic mass is 16.5. The molecule has 10 atom stereocenters. The molecule has 0 saturated heterocycles. The summed E-state index contributed by atoms with van der Waals surface area (Å²) in [6.45, 7) is 3.79. The van der Waals surface area contributed by atoms with Crippen LogP contribution in [-0.2, 0) is 4.74 Å². The smallest absolute Gasteiger partial charge is 0.0817 e. The Morgan fingerprint density at radius 2 is 1.35 bits per heavy atom. The predicted molar refractivity (Wildman–Crippen MR) is 106 cm³/mol. The van der Waals surface area contributed by atoms with Crippen LogP contribution in [0.5, 0.6) is 0 Å². The lowest BCUT2D eigenvalue weighted by molar-refractivity contribution is -0.0519. The SMILES string of the molecule is C=NC1C(N)C(OC2C(N)C(N)C3CC=CC=CC32)C2C=CC=CCC21. The summed E-state index contributed by atoms with van der Waals surface area (Å²) in [6, 6.07) is -0.416. The highest BCUT2D eigenvalue weighted by molar-refractivity contribution is 5.28. The largest absolute Gasteiger partial charge is 0.370 e. The van der Waals surface area contributed by atoms with Gasteiger partial charge in [-0.1, -0.05) is 48.6 Å². The molecule has 2 fully saturated rings. The van der Waals surface area contributed by atoms with Crippen molar-refractivity contribution in [1.29, 1.82) is 0 Å². The van der Waals surface area contributed by atoms with Gasteiger partial charge in [-0.25, -0.2) is 0 Å². The third-order valence-electron chi connectivity index (χ3n) is 6.78. The average molecular weight is 354 g/mol. The van der Waals surface area contributed by atoms with E-state index >= 15 is 0 Å². The number of allylic oxidation sites excluding steroid dienone is 6. The maximum absolute atomic E-state index is 6.67. The number of hydrogen-bond donors (Lipinski definition) is 3. The van der Waals surface area contributed by atoms with Crippen molar-refractivity contribution >= 4 is 6.72 Å². The van der Waals surface area contributed by atoms with Crippen LogP contribution in [0.4, 0.5) is 0 Å². The molecule has 0 aromatic carbocycles. The van der Waals surface area contributed by atoms with E-state index in [1.165, 1.54) is 0 Å². The van der Waals surface area contributed by atoms with Crippen molar-refractivity contribution in [3.05, 3.63) is 48.6 Å². The van der Waals surface area contributed by atoms with Gasteiger partial charge in [-0.2, -0.15) is 0 Å². The Morgan fingerprint density at radius 3 is 2.00 bits per heavy atom. The molecule has 0 aromatic rings. The third kappa shape index (κ3) is 2.83. The van der Waals surface area contributed by atoms with Crippen molar-refractivity contribution in [1.82, 2.24) is 0 Å². The van der Waals surface area contributed by atoms with Crippen LogP contribution >= 0.6 is 0 Å². The Hall–Kier alpha value is -1.53. The number of fused-ring (bicyclic) bond motifs is 2. The van der Waals surface area contributed by atoms with E-state index in [2.05, 4.69) is 60.3 Å². The molecule has 5 heteroatoms. The molecule has 6 N–H and O–H groups in total. The molecule has 10 unspecified atom stereocenters. The molecule has 0 bridgehead atoms. The summed E-state index contributed by atoms with van der Waals surface area (Å²) < 4.78 is 6.67. The molecular weight excluding hydrogens is 324 g/mol. The molecule has 4 aliphatic rings. The van der Waals surface area contributed by atoms with Crippen molar-refractivity contribution in [2.75, 3.05) is 0 Å².